The number of aromatic nitrogens is 1. The molecule has 1 aliphatic heterocycles. The summed E-state index contributed by atoms with van der Waals surface area (Å²) in [4.78, 5) is 43.1. The maximum absolute atomic E-state index is 13.1. The van der Waals surface area contributed by atoms with Crippen LogP contribution in [0.2, 0.25) is 0 Å². The molecule has 2 heterocycles. The van der Waals surface area contributed by atoms with E-state index in [0.717, 1.165) is 27.7 Å². The topological polar surface area (TPSA) is 79.5 Å². The van der Waals surface area contributed by atoms with Gasteiger partial charge in [-0.05, 0) is 42.7 Å². The van der Waals surface area contributed by atoms with Gasteiger partial charge in [-0.25, -0.2) is 4.79 Å². The Balaban J connectivity index is 1.46. The summed E-state index contributed by atoms with van der Waals surface area (Å²) in [6.45, 7) is 2.41. The second-order valence-electron chi connectivity index (χ2n) is 7.93. The highest BCUT2D eigenvalue weighted by Crippen LogP contribution is 2.40. The van der Waals surface area contributed by atoms with Crippen LogP contribution in [-0.4, -0.2) is 34.3 Å². The highest BCUT2D eigenvalue weighted by Gasteiger charge is 2.50. The number of imide groups is 1. The molecule has 5 rings (SSSR count). The van der Waals surface area contributed by atoms with Gasteiger partial charge in [0.05, 0.1) is 30.6 Å². The van der Waals surface area contributed by atoms with Crippen LogP contribution in [0.25, 0.3) is 10.9 Å². The first-order chi connectivity index (χ1) is 14.6. The number of hydrogen-bond donors (Lipinski definition) is 1. The lowest BCUT2D eigenvalue weighted by Gasteiger charge is -2.21. The van der Waals surface area contributed by atoms with Gasteiger partial charge in [-0.15, -0.1) is 0 Å². The third-order valence-corrected chi connectivity index (χ3v) is 6.19. The summed E-state index contributed by atoms with van der Waals surface area (Å²) in [5.74, 6) is -1.23. The number of nitrogens with one attached hydrogen (secondary N) is 1. The number of aromatic amines is 1. The van der Waals surface area contributed by atoms with Gasteiger partial charge >= 0.3 is 5.97 Å². The number of carbonyl (C=O) groups is 3. The number of rotatable bonds is 4. The van der Waals surface area contributed by atoms with Crippen LogP contribution < -0.4 is 0 Å². The number of H-pyrrole nitrogens is 1. The molecule has 1 aliphatic carbocycles. The fourth-order valence-corrected chi connectivity index (χ4v) is 4.73. The Kier molecular flexibility index (Phi) is 4.42. The number of carbonyl (C=O) groups excluding carboxylic acids is 3. The second kappa shape index (κ2) is 7.13. The highest BCUT2D eigenvalue weighted by molar-refractivity contribution is 6.06. The van der Waals surface area contributed by atoms with Gasteiger partial charge in [0.15, 0.2) is 0 Å². The summed E-state index contributed by atoms with van der Waals surface area (Å²) in [5, 5.41) is 0.927. The van der Waals surface area contributed by atoms with Crippen molar-refractivity contribution in [1.29, 1.82) is 0 Å². The number of amides is 2. The van der Waals surface area contributed by atoms with E-state index in [2.05, 4.69) is 4.98 Å². The first-order valence-electron chi connectivity index (χ1n) is 10.3. The lowest BCUT2D eigenvalue weighted by Crippen LogP contribution is -2.30. The highest BCUT2D eigenvalue weighted by atomic mass is 16.5. The molecule has 2 unspecified atom stereocenters. The Bertz CT molecular complexity index is 1160. The number of nitrogens with zero attached hydrogens (tertiary/aromatic N) is 1. The van der Waals surface area contributed by atoms with Gasteiger partial charge in [0.1, 0.15) is 0 Å². The maximum atomic E-state index is 13.1. The summed E-state index contributed by atoms with van der Waals surface area (Å²) >= 11 is 0. The number of esters is 1. The van der Waals surface area contributed by atoms with Crippen molar-refractivity contribution in [2.24, 2.45) is 11.8 Å². The molecule has 0 saturated carbocycles. The molecule has 2 aliphatic rings. The van der Waals surface area contributed by atoms with E-state index in [4.69, 9.17) is 4.74 Å². The normalized spacial score (nSPS) is 20.4. The lowest BCUT2D eigenvalue weighted by atomic mass is 9.79. The van der Waals surface area contributed by atoms with Crippen molar-refractivity contribution >= 4 is 28.7 Å². The minimum absolute atomic E-state index is 0.0922. The van der Waals surface area contributed by atoms with Crippen molar-refractivity contribution in [1.82, 2.24) is 9.88 Å². The summed E-state index contributed by atoms with van der Waals surface area (Å²) < 4.78 is 5.11. The van der Waals surface area contributed by atoms with Gasteiger partial charge in [0.25, 0.3) is 0 Å². The molecule has 0 spiro atoms. The molecule has 3 aromatic rings. The fraction of sp³-hybridized carbons (Fsp3) is 0.292. The molecular formula is C24H22N2O4. The number of likely N-dealkylation sites (tertiary alicyclic amines) is 1. The average molecular weight is 402 g/mol. The molecule has 1 saturated heterocycles. The zero-order chi connectivity index (χ0) is 20.8. The molecule has 30 heavy (non-hydrogen) atoms. The Hall–Kier alpha value is -3.41. The number of hydrogen-bond acceptors (Lipinski definition) is 4. The van der Waals surface area contributed by atoms with Crippen LogP contribution in [0.15, 0.2) is 48.5 Å². The van der Waals surface area contributed by atoms with E-state index in [1.165, 1.54) is 4.90 Å². The Labute approximate surface area is 173 Å². The number of benzene rings is 2. The first-order valence-corrected chi connectivity index (χ1v) is 10.3. The Morgan fingerprint density at radius 2 is 1.80 bits per heavy atom. The predicted octanol–water partition coefficient (Wildman–Crippen LogP) is 3.24. The molecule has 2 atom stereocenters. The molecule has 0 radical (unpaired) electrons. The van der Waals surface area contributed by atoms with Crippen molar-refractivity contribution in [3.8, 4) is 0 Å². The van der Waals surface area contributed by atoms with Gasteiger partial charge in [0.2, 0.25) is 11.8 Å². The molecular weight excluding hydrogens is 380 g/mol. The smallest absolute Gasteiger partial charge is 0.338 e. The van der Waals surface area contributed by atoms with E-state index in [1.807, 2.05) is 42.5 Å². The summed E-state index contributed by atoms with van der Waals surface area (Å²) in [6.07, 6.45) is 1.02. The van der Waals surface area contributed by atoms with Crippen LogP contribution in [-0.2, 0) is 33.7 Å². The summed E-state index contributed by atoms with van der Waals surface area (Å²) in [7, 11) is 0. The Morgan fingerprint density at radius 1 is 1.07 bits per heavy atom. The van der Waals surface area contributed by atoms with Crippen LogP contribution >= 0.6 is 0 Å². The van der Waals surface area contributed by atoms with Gasteiger partial charge in [-0.1, -0.05) is 30.3 Å². The third kappa shape index (κ3) is 2.91. The summed E-state index contributed by atoms with van der Waals surface area (Å²) in [6, 6.07) is 15.0. The van der Waals surface area contributed by atoms with E-state index in [0.29, 0.717) is 31.6 Å². The van der Waals surface area contributed by atoms with E-state index < -0.39 is 0 Å². The van der Waals surface area contributed by atoms with Gasteiger partial charge in [0, 0.05) is 23.0 Å². The zero-order valence-electron chi connectivity index (χ0n) is 16.7. The standard InChI is InChI=1S/C24H22N2O4/c1-2-30-24(29)15-8-9-20-16(10-15)17-11-18-19(12-21(17)25-20)23(28)26(22(18)27)13-14-6-4-3-5-7-14/h3-10,18-19,25H,2,11-13H2,1H3. The van der Waals surface area contributed by atoms with Crippen molar-refractivity contribution in [3.05, 3.63) is 70.9 Å². The zero-order valence-corrected chi connectivity index (χ0v) is 16.7. The quantitative estimate of drug-likeness (QED) is 0.537. The van der Waals surface area contributed by atoms with Crippen molar-refractivity contribution < 1.29 is 19.1 Å². The largest absolute Gasteiger partial charge is 0.462 e. The summed E-state index contributed by atoms with van der Waals surface area (Å²) in [5.41, 5.74) is 4.36. The van der Waals surface area contributed by atoms with Crippen LogP contribution in [0.5, 0.6) is 0 Å². The minimum atomic E-state index is -0.357. The number of fused-ring (bicyclic) bond motifs is 4. The molecule has 0 bridgehead atoms. The third-order valence-electron chi connectivity index (χ3n) is 6.19. The average Bonchev–Trinajstić information content (AvgIpc) is 3.23. The van der Waals surface area contributed by atoms with Gasteiger partial charge in [-0.2, -0.15) is 0 Å². The lowest BCUT2D eigenvalue weighted by molar-refractivity contribution is -0.140. The van der Waals surface area contributed by atoms with Gasteiger partial charge < -0.3 is 9.72 Å². The fourth-order valence-electron chi connectivity index (χ4n) is 4.73. The molecule has 2 aromatic carbocycles. The SMILES string of the molecule is CCOC(=O)c1ccc2[nH]c3c(c2c1)CC1C(=O)N(Cc2ccccc2)C(=O)C1C3. The van der Waals surface area contributed by atoms with E-state index >= 15 is 0 Å². The molecule has 1 fully saturated rings. The van der Waals surface area contributed by atoms with Crippen LogP contribution in [0.1, 0.15) is 34.1 Å². The second-order valence-corrected chi connectivity index (χ2v) is 7.93. The molecule has 1 aromatic heterocycles. The van der Waals surface area contributed by atoms with E-state index in [-0.39, 0.29) is 29.6 Å². The molecule has 152 valence electrons. The van der Waals surface area contributed by atoms with Gasteiger partial charge in [-0.3, -0.25) is 14.5 Å². The molecule has 1 N–H and O–H groups in total. The maximum Gasteiger partial charge on any atom is 0.338 e. The predicted molar refractivity (Wildman–Crippen MR) is 111 cm³/mol. The van der Waals surface area contributed by atoms with Crippen LogP contribution in [0.4, 0.5) is 0 Å². The molecule has 6 nitrogen and oxygen atoms in total. The molecule has 6 heteroatoms. The first kappa shape index (κ1) is 18.6. The minimum Gasteiger partial charge on any atom is -0.462 e. The monoisotopic (exact) mass is 402 g/mol. The van der Waals surface area contributed by atoms with Crippen molar-refractivity contribution in [2.75, 3.05) is 6.61 Å². The van der Waals surface area contributed by atoms with Crippen LogP contribution in [0, 0.1) is 11.8 Å². The van der Waals surface area contributed by atoms with Crippen molar-refractivity contribution in [2.45, 2.75) is 26.3 Å². The molecule has 2 amide bonds. The Morgan fingerprint density at radius 3 is 2.53 bits per heavy atom. The van der Waals surface area contributed by atoms with Crippen molar-refractivity contribution in [3.63, 3.8) is 0 Å². The van der Waals surface area contributed by atoms with E-state index in [1.54, 1.807) is 13.0 Å². The van der Waals surface area contributed by atoms with E-state index in [9.17, 15) is 14.4 Å². The number of ether oxygens (including phenoxy) is 1. The van der Waals surface area contributed by atoms with Crippen LogP contribution in [0.3, 0.4) is 0 Å².